The monoisotopic (exact) mass is 643 g/mol. The molecule has 0 amide bonds. The number of hydrogen-bond donors (Lipinski definition) is 0. The molecule has 0 saturated heterocycles. The smallest absolute Gasteiger partial charge is 0.143 e. The minimum absolute atomic E-state index is 0.875. The van der Waals surface area contributed by atoms with E-state index in [0.717, 1.165) is 44.4 Å². The molecular formula is C46H29NOS. The summed E-state index contributed by atoms with van der Waals surface area (Å²) >= 11 is 1.86. The van der Waals surface area contributed by atoms with Gasteiger partial charge < -0.3 is 9.32 Å². The summed E-state index contributed by atoms with van der Waals surface area (Å²) in [7, 11) is 0. The van der Waals surface area contributed by atoms with Gasteiger partial charge in [0, 0.05) is 59.5 Å². The van der Waals surface area contributed by atoms with Gasteiger partial charge in [0.25, 0.3) is 0 Å². The molecule has 0 aliphatic rings. The zero-order chi connectivity index (χ0) is 32.3. The summed E-state index contributed by atoms with van der Waals surface area (Å²) in [6.07, 6.45) is 0. The van der Waals surface area contributed by atoms with Gasteiger partial charge in [0.1, 0.15) is 11.2 Å². The van der Waals surface area contributed by atoms with Gasteiger partial charge in [0.2, 0.25) is 0 Å². The first-order valence-electron chi connectivity index (χ1n) is 16.6. The minimum Gasteiger partial charge on any atom is -0.455 e. The maximum absolute atomic E-state index is 6.65. The molecule has 2 nitrogen and oxygen atoms in total. The van der Waals surface area contributed by atoms with Crippen LogP contribution in [0.2, 0.25) is 0 Å². The molecule has 0 bridgehead atoms. The lowest BCUT2D eigenvalue weighted by atomic mass is 9.98. The molecule has 0 fully saturated rings. The van der Waals surface area contributed by atoms with Crippen molar-refractivity contribution >= 4 is 81.3 Å². The molecule has 0 N–H and O–H groups in total. The van der Waals surface area contributed by atoms with Gasteiger partial charge in [-0.1, -0.05) is 115 Å². The molecule has 10 rings (SSSR count). The second-order valence-electron chi connectivity index (χ2n) is 12.5. The molecule has 0 aliphatic carbocycles. The molecule has 0 aliphatic heterocycles. The lowest BCUT2D eigenvalue weighted by Gasteiger charge is -2.26. The van der Waals surface area contributed by atoms with Crippen molar-refractivity contribution < 1.29 is 4.42 Å². The van der Waals surface area contributed by atoms with Gasteiger partial charge in [-0.15, -0.1) is 11.3 Å². The number of furan rings is 1. The molecule has 3 heteroatoms. The van der Waals surface area contributed by atoms with Crippen molar-refractivity contribution in [3.05, 3.63) is 176 Å². The fourth-order valence-electron chi connectivity index (χ4n) is 7.34. The maximum Gasteiger partial charge on any atom is 0.143 e. The first kappa shape index (κ1) is 27.9. The highest BCUT2D eigenvalue weighted by molar-refractivity contribution is 7.25. The van der Waals surface area contributed by atoms with Crippen LogP contribution >= 0.6 is 11.3 Å². The Morgan fingerprint density at radius 1 is 0.408 bits per heavy atom. The fourth-order valence-corrected chi connectivity index (χ4v) is 8.47. The van der Waals surface area contributed by atoms with E-state index >= 15 is 0 Å². The third kappa shape index (κ3) is 4.62. The molecule has 8 aromatic carbocycles. The Morgan fingerprint density at radius 2 is 1.08 bits per heavy atom. The van der Waals surface area contributed by atoms with E-state index in [4.69, 9.17) is 4.42 Å². The van der Waals surface area contributed by atoms with Gasteiger partial charge in [-0.25, -0.2) is 0 Å². The van der Waals surface area contributed by atoms with Gasteiger partial charge in [0.15, 0.2) is 0 Å². The number of anilines is 3. The molecule has 49 heavy (non-hydrogen) atoms. The van der Waals surface area contributed by atoms with Gasteiger partial charge in [-0.05, 0) is 82.2 Å². The molecule has 0 saturated carbocycles. The predicted molar refractivity (Wildman–Crippen MR) is 210 cm³/mol. The topological polar surface area (TPSA) is 16.4 Å². The van der Waals surface area contributed by atoms with Crippen LogP contribution < -0.4 is 4.90 Å². The molecular weight excluding hydrogens is 615 g/mol. The minimum atomic E-state index is 0.875. The van der Waals surface area contributed by atoms with E-state index < -0.39 is 0 Å². The Bertz CT molecular complexity index is 2830. The molecule has 0 radical (unpaired) electrons. The average molecular weight is 644 g/mol. The van der Waals surface area contributed by atoms with Crippen molar-refractivity contribution in [3.63, 3.8) is 0 Å². The molecule has 2 aromatic heterocycles. The van der Waals surface area contributed by atoms with E-state index in [9.17, 15) is 0 Å². The summed E-state index contributed by atoms with van der Waals surface area (Å²) < 4.78 is 9.27. The summed E-state index contributed by atoms with van der Waals surface area (Å²) in [4.78, 5) is 2.34. The molecule has 0 atom stereocenters. The zero-order valence-corrected chi connectivity index (χ0v) is 27.3. The first-order valence-corrected chi connectivity index (χ1v) is 17.4. The highest BCUT2D eigenvalue weighted by Gasteiger charge is 2.18. The third-order valence-corrected chi connectivity index (χ3v) is 10.8. The van der Waals surface area contributed by atoms with E-state index in [1.807, 2.05) is 11.3 Å². The van der Waals surface area contributed by atoms with Crippen LogP contribution in [-0.4, -0.2) is 0 Å². The summed E-state index contributed by atoms with van der Waals surface area (Å²) in [5.74, 6) is 0. The quantitative estimate of drug-likeness (QED) is 0.186. The van der Waals surface area contributed by atoms with Crippen molar-refractivity contribution in [1.29, 1.82) is 0 Å². The van der Waals surface area contributed by atoms with Crippen molar-refractivity contribution in [2.75, 3.05) is 4.90 Å². The third-order valence-electron chi connectivity index (χ3n) is 9.66. The number of benzene rings is 8. The highest BCUT2D eigenvalue weighted by Crippen LogP contribution is 2.44. The Hall–Kier alpha value is -6.16. The van der Waals surface area contributed by atoms with Gasteiger partial charge in [-0.3, -0.25) is 0 Å². The van der Waals surface area contributed by atoms with E-state index in [2.05, 4.69) is 181 Å². The van der Waals surface area contributed by atoms with Crippen LogP contribution in [0.1, 0.15) is 0 Å². The van der Waals surface area contributed by atoms with Crippen molar-refractivity contribution in [2.24, 2.45) is 0 Å². The number of rotatable bonds is 5. The number of hydrogen-bond acceptors (Lipinski definition) is 3. The van der Waals surface area contributed by atoms with Crippen LogP contribution in [0.5, 0.6) is 0 Å². The molecule has 2 heterocycles. The second kappa shape index (κ2) is 11.2. The number of thiophene rings is 1. The van der Waals surface area contributed by atoms with Crippen LogP contribution in [0.4, 0.5) is 17.1 Å². The normalized spacial score (nSPS) is 11.7. The molecule has 0 spiro atoms. The summed E-state index contributed by atoms with van der Waals surface area (Å²) in [6.45, 7) is 0. The summed E-state index contributed by atoms with van der Waals surface area (Å²) in [5.41, 5.74) is 9.84. The Balaban J connectivity index is 1.16. The van der Waals surface area contributed by atoms with Crippen LogP contribution in [0, 0.1) is 0 Å². The number of fused-ring (bicyclic) bond motifs is 8. The Morgan fingerprint density at radius 3 is 1.98 bits per heavy atom. The molecule has 0 unspecified atom stereocenters. The summed E-state index contributed by atoms with van der Waals surface area (Å²) in [6, 6.07) is 63.2. The van der Waals surface area contributed by atoms with Crippen molar-refractivity contribution in [1.82, 2.24) is 0 Å². The number of nitrogens with zero attached hydrogens (tertiary/aromatic N) is 1. The zero-order valence-electron chi connectivity index (χ0n) is 26.5. The van der Waals surface area contributed by atoms with Gasteiger partial charge in [-0.2, -0.15) is 0 Å². The van der Waals surface area contributed by atoms with Crippen molar-refractivity contribution in [2.45, 2.75) is 0 Å². The van der Waals surface area contributed by atoms with Crippen LogP contribution in [-0.2, 0) is 0 Å². The van der Waals surface area contributed by atoms with Crippen LogP contribution in [0.25, 0.3) is 75.1 Å². The lowest BCUT2D eigenvalue weighted by molar-refractivity contribution is 0.672. The molecule has 230 valence electrons. The van der Waals surface area contributed by atoms with E-state index in [0.29, 0.717) is 0 Å². The first-order chi connectivity index (χ1) is 24.3. The van der Waals surface area contributed by atoms with Gasteiger partial charge >= 0.3 is 0 Å². The Kier molecular flexibility index (Phi) is 6.39. The lowest BCUT2D eigenvalue weighted by Crippen LogP contribution is -2.10. The van der Waals surface area contributed by atoms with E-state index in [1.54, 1.807) is 0 Å². The molecule has 10 aromatic rings. The van der Waals surface area contributed by atoms with Crippen LogP contribution in [0.15, 0.2) is 180 Å². The van der Waals surface area contributed by atoms with E-state index in [-0.39, 0.29) is 0 Å². The van der Waals surface area contributed by atoms with E-state index in [1.165, 1.54) is 47.8 Å². The fraction of sp³-hybridized carbons (Fsp3) is 0. The van der Waals surface area contributed by atoms with Gasteiger partial charge in [0.05, 0.1) is 0 Å². The van der Waals surface area contributed by atoms with Crippen molar-refractivity contribution in [3.8, 4) is 22.3 Å². The largest absolute Gasteiger partial charge is 0.455 e. The predicted octanol–water partition coefficient (Wildman–Crippen LogP) is 13.9. The maximum atomic E-state index is 6.65. The summed E-state index contributed by atoms with van der Waals surface area (Å²) in [5, 5.41) is 7.19. The van der Waals surface area contributed by atoms with Crippen LogP contribution in [0.3, 0.4) is 0 Å². The second-order valence-corrected chi connectivity index (χ2v) is 13.6. The standard InChI is InChI=1S/C46H29NOS/c1-2-10-30(11-3-1)31-20-23-34(24-21-31)47(36-25-27-39-40-26-22-32-12-4-5-15-38(32)46(40)48-42(39)29-36)35-14-8-13-33(28-35)37-17-9-19-44-45(37)41-16-6-7-18-43(41)49-44/h1-29H. The Labute approximate surface area is 287 Å². The highest BCUT2D eigenvalue weighted by atomic mass is 32.1. The SMILES string of the molecule is c1ccc(-c2ccc(N(c3cccc(-c4cccc5sc6ccccc6c45)c3)c3ccc4c(c3)oc3c5ccccc5ccc43)cc2)cc1. The average Bonchev–Trinajstić information content (AvgIpc) is 3.74.